The molecular weight excluding hydrogens is 359 g/mol. The molecule has 1 N–H and O–H groups in total. The molecule has 1 fully saturated rings. The third-order valence-corrected chi connectivity index (χ3v) is 4.21. The third kappa shape index (κ3) is 4.47. The highest BCUT2D eigenvalue weighted by Gasteiger charge is 2.30. The van der Waals surface area contributed by atoms with Crippen LogP contribution < -0.4 is 10.2 Å². The second-order valence-electron chi connectivity index (χ2n) is 6.00. The summed E-state index contributed by atoms with van der Waals surface area (Å²) < 4.78 is 38.3. The van der Waals surface area contributed by atoms with Crippen LogP contribution in [0.1, 0.15) is 11.1 Å². The largest absolute Gasteiger partial charge is 0.416 e. The Morgan fingerprint density at radius 3 is 2.48 bits per heavy atom. The van der Waals surface area contributed by atoms with Gasteiger partial charge in [0.25, 0.3) is 0 Å². The Kier molecular flexibility index (Phi) is 5.16. The molecule has 9 heteroatoms. The molecule has 2 heterocycles. The predicted octanol–water partition coefficient (Wildman–Crippen LogP) is 3.33. The summed E-state index contributed by atoms with van der Waals surface area (Å²) in [6.45, 7) is 1.89. The Bertz CT molecular complexity index is 853. The molecule has 0 aliphatic carbocycles. The molecule has 140 valence electrons. The van der Waals surface area contributed by atoms with Crippen LogP contribution in [0.3, 0.4) is 0 Å². The van der Waals surface area contributed by atoms with Crippen LogP contribution in [0.15, 0.2) is 42.6 Å². The number of carbonyl (C=O) groups is 1. The van der Waals surface area contributed by atoms with Crippen LogP contribution in [0.4, 0.5) is 29.5 Å². The molecule has 1 aliphatic rings. The van der Waals surface area contributed by atoms with Crippen LogP contribution >= 0.6 is 0 Å². The minimum Gasteiger partial charge on any atom is -0.353 e. The first-order valence-electron chi connectivity index (χ1n) is 8.21. The summed E-state index contributed by atoms with van der Waals surface area (Å²) in [5, 5.41) is 11.3. The van der Waals surface area contributed by atoms with Gasteiger partial charge in [0, 0.05) is 38.1 Å². The Labute approximate surface area is 153 Å². The summed E-state index contributed by atoms with van der Waals surface area (Å²) in [5.41, 5.74) is -0.235. The molecule has 2 amide bonds. The number of nitrogens with one attached hydrogen (secondary N) is 1. The van der Waals surface area contributed by atoms with E-state index < -0.39 is 17.8 Å². The van der Waals surface area contributed by atoms with E-state index in [4.69, 9.17) is 5.26 Å². The van der Waals surface area contributed by atoms with Crippen molar-refractivity contribution in [2.24, 2.45) is 0 Å². The highest BCUT2D eigenvalue weighted by Crippen LogP contribution is 2.30. The standard InChI is InChI=1S/C18H16F3N5O/c19-18(20,21)14-2-1-3-15(10-14)24-17(27)26-8-6-25(7-9-26)16-5-4-13(11-22)12-23-16/h1-5,10,12H,6-9H2,(H,24,27). The maximum atomic E-state index is 12.8. The summed E-state index contributed by atoms with van der Waals surface area (Å²) in [6, 6.07) is 9.53. The topological polar surface area (TPSA) is 72.3 Å². The minimum atomic E-state index is -4.46. The van der Waals surface area contributed by atoms with Crippen LogP contribution in [0, 0.1) is 11.3 Å². The fraction of sp³-hybridized carbons (Fsp3) is 0.278. The maximum absolute atomic E-state index is 12.8. The van der Waals surface area contributed by atoms with E-state index in [1.165, 1.54) is 18.3 Å². The van der Waals surface area contributed by atoms with E-state index in [2.05, 4.69) is 10.3 Å². The van der Waals surface area contributed by atoms with Crippen molar-refractivity contribution in [2.45, 2.75) is 6.18 Å². The van der Waals surface area contributed by atoms with Crippen molar-refractivity contribution in [3.05, 3.63) is 53.7 Å². The first kappa shape index (κ1) is 18.5. The molecule has 6 nitrogen and oxygen atoms in total. The number of anilines is 2. The van der Waals surface area contributed by atoms with Crippen molar-refractivity contribution in [2.75, 3.05) is 36.4 Å². The highest BCUT2D eigenvalue weighted by atomic mass is 19.4. The van der Waals surface area contributed by atoms with Crippen LogP contribution in [0.5, 0.6) is 0 Å². The molecule has 0 unspecified atom stereocenters. The molecule has 3 rings (SSSR count). The van der Waals surface area contributed by atoms with Crippen molar-refractivity contribution in [3.8, 4) is 6.07 Å². The Morgan fingerprint density at radius 1 is 1.15 bits per heavy atom. The monoisotopic (exact) mass is 375 g/mol. The number of hydrogen-bond donors (Lipinski definition) is 1. The lowest BCUT2D eigenvalue weighted by Crippen LogP contribution is -2.50. The number of nitrogens with zero attached hydrogens (tertiary/aromatic N) is 4. The molecule has 2 aromatic rings. The maximum Gasteiger partial charge on any atom is 0.416 e. The molecule has 0 atom stereocenters. The smallest absolute Gasteiger partial charge is 0.353 e. The summed E-state index contributed by atoms with van der Waals surface area (Å²) in [6.07, 6.45) is -2.97. The number of carbonyl (C=O) groups excluding carboxylic acids is 1. The number of aromatic nitrogens is 1. The van der Waals surface area contributed by atoms with E-state index >= 15 is 0 Å². The number of alkyl halides is 3. The van der Waals surface area contributed by atoms with Crippen molar-refractivity contribution >= 4 is 17.5 Å². The third-order valence-electron chi connectivity index (χ3n) is 4.21. The number of urea groups is 1. The fourth-order valence-electron chi connectivity index (χ4n) is 2.75. The summed E-state index contributed by atoms with van der Waals surface area (Å²) in [4.78, 5) is 20.1. The van der Waals surface area contributed by atoms with Crippen molar-refractivity contribution < 1.29 is 18.0 Å². The summed E-state index contributed by atoms with van der Waals surface area (Å²) >= 11 is 0. The van der Waals surface area contributed by atoms with Gasteiger partial charge in [-0.25, -0.2) is 9.78 Å². The number of benzene rings is 1. The lowest BCUT2D eigenvalue weighted by atomic mass is 10.2. The second-order valence-corrected chi connectivity index (χ2v) is 6.00. The van der Waals surface area contributed by atoms with Gasteiger partial charge in [0.15, 0.2) is 0 Å². The molecule has 0 bridgehead atoms. The quantitative estimate of drug-likeness (QED) is 0.874. The molecule has 1 saturated heterocycles. The molecule has 0 spiro atoms. The van der Waals surface area contributed by atoms with E-state index in [0.717, 1.165) is 12.1 Å². The van der Waals surface area contributed by atoms with Gasteiger partial charge in [0.2, 0.25) is 0 Å². The van der Waals surface area contributed by atoms with Crippen LogP contribution in [-0.4, -0.2) is 42.1 Å². The first-order chi connectivity index (χ1) is 12.9. The average molecular weight is 375 g/mol. The second kappa shape index (κ2) is 7.53. The molecule has 0 radical (unpaired) electrons. The molecule has 1 aromatic heterocycles. The van der Waals surface area contributed by atoms with Gasteiger partial charge in [-0.15, -0.1) is 0 Å². The van der Waals surface area contributed by atoms with Gasteiger partial charge in [0.1, 0.15) is 11.9 Å². The zero-order valence-corrected chi connectivity index (χ0v) is 14.2. The lowest BCUT2D eigenvalue weighted by Gasteiger charge is -2.35. The average Bonchev–Trinajstić information content (AvgIpc) is 2.68. The Hall–Kier alpha value is -3.28. The fourth-order valence-corrected chi connectivity index (χ4v) is 2.75. The van der Waals surface area contributed by atoms with E-state index in [1.54, 1.807) is 17.0 Å². The van der Waals surface area contributed by atoms with Gasteiger partial charge < -0.3 is 15.1 Å². The van der Waals surface area contributed by atoms with Crippen LogP contribution in [0.25, 0.3) is 0 Å². The zero-order chi connectivity index (χ0) is 19.4. The lowest BCUT2D eigenvalue weighted by molar-refractivity contribution is -0.137. The number of hydrogen-bond acceptors (Lipinski definition) is 4. The van der Waals surface area contributed by atoms with Gasteiger partial charge in [-0.2, -0.15) is 18.4 Å². The van der Waals surface area contributed by atoms with E-state index in [0.29, 0.717) is 37.6 Å². The molecule has 0 saturated carbocycles. The van der Waals surface area contributed by atoms with Gasteiger partial charge in [0.05, 0.1) is 11.1 Å². The minimum absolute atomic E-state index is 0.103. The number of rotatable bonds is 2. The predicted molar refractivity (Wildman–Crippen MR) is 93.2 cm³/mol. The Balaban J connectivity index is 1.58. The number of amides is 2. The number of pyridine rings is 1. The van der Waals surface area contributed by atoms with Crippen LogP contribution in [-0.2, 0) is 6.18 Å². The van der Waals surface area contributed by atoms with Gasteiger partial charge in [-0.05, 0) is 30.3 Å². The van der Waals surface area contributed by atoms with Gasteiger partial charge in [-0.1, -0.05) is 6.07 Å². The first-order valence-corrected chi connectivity index (χ1v) is 8.21. The van der Waals surface area contributed by atoms with Crippen molar-refractivity contribution in [1.29, 1.82) is 5.26 Å². The summed E-state index contributed by atoms with van der Waals surface area (Å²) in [7, 11) is 0. The van der Waals surface area contributed by atoms with Gasteiger partial charge >= 0.3 is 12.2 Å². The van der Waals surface area contributed by atoms with E-state index in [9.17, 15) is 18.0 Å². The summed E-state index contributed by atoms with van der Waals surface area (Å²) in [5.74, 6) is 0.715. The number of halogens is 3. The molecule has 1 aromatic carbocycles. The molecular formula is C18H16F3N5O. The van der Waals surface area contributed by atoms with Crippen LogP contribution in [0.2, 0.25) is 0 Å². The van der Waals surface area contributed by atoms with Crippen molar-refractivity contribution in [1.82, 2.24) is 9.88 Å². The normalized spacial score (nSPS) is 14.6. The highest BCUT2D eigenvalue weighted by molar-refractivity contribution is 5.89. The van der Waals surface area contributed by atoms with Crippen molar-refractivity contribution in [3.63, 3.8) is 0 Å². The molecule has 1 aliphatic heterocycles. The zero-order valence-electron chi connectivity index (χ0n) is 14.2. The Morgan fingerprint density at radius 2 is 1.89 bits per heavy atom. The number of nitriles is 1. The number of piperazine rings is 1. The van der Waals surface area contributed by atoms with E-state index in [1.807, 2.05) is 11.0 Å². The molecule has 27 heavy (non-hydrogen) atoms. The SMILES string of the molecule is N#Cc1ccc(N2CCN(C(=O)Nc3cccc(C(F)(F)F)c3)CC2)nc1. The van der Waals surface area contributed by atoms with Gasteiger partial charge in [-0.3, -0.25) is 0 Å². The van der Waals surface area contributed by atoms with E-state index in [-0.39, 0.29) is 5.69 Å².